The van der Waals surface area contributed by atoms with Crippen LogP contribution in [0.2, 0.25) is 0 Å². The molecule has 0 saturated heterocycles. The van der Waals surface area contributed by atoms with E-state index in [-0.39, 0.29) is 13.4 Å². The van der Waals surface area contributed by atoms with Crippen LogP contribution in [0, 0.1) is 0 Å². The number of hydrogen-bond acceptors (Lipinski definition) is 5. The van der Waals surface area contributed by atoms with E-state index in [1.54, 1.807) is 7.11 Å². The summed E-state index contributed by atoms with van der Waals surface area (Å²) in [4.78, 5) is 0. The van der Waals surface area contributed by atoms with Crippen molar-refractivity contribution in [3.8, 4) is 11.5 Å². The van der Waals surface area contributed by atoms with Gasteiger partial charge in [-0.2, -0.15) is 0 Å². The second-order valence-electron chi connectivity index (χ2n) is 3.56. The number of aliphatic hydroxyl groups excluding tert-OH is 1. The molecule has 3 N–H and O–H groups in total. The van der Waals surface area contributed by atoms with Crippen molar-refractivity contribution >= 4 is 0 Å². The van der Waals surface area contributed by atoms with Crippen LogP contribution in [0.25, 0.3) is 0 Å². The number of aliphatic hydroxyl groups is 1. The highest BCUT2D eigenvalue weighted by Crippen LogP contribution is 2.37. The molecule has 2 rings (SSSR count). The van der Waals surface area contributed by atoms with Crippen molar-refractivity contribution in [1.29, 1.82) is 0 Å². The molecule has 0 fully saturated rings. The van der Waals surface area contributed by atoms with E-state index in [9.17, 15) is 0 Å². The summed E-state index contributed by atoms with van der Waals surface area (Å²) in [6.07, 6.45) is 0. The maximum Gasteiger partial charge on any atom is 0.189 e. The van der Waals surface area contributed by atoms with Gasteiger partial charge in [0, 0.05) is 5.56 Å². The molecule has 16 heavy (non-hydrogen) atoms. The summed E-state index contributed by atoms with van der Waals surface area (Å²) in [6.45, 7) is 0.513. The first kappa shape index (κ1) is 11.2. The van der Waals surface area contributed by atoms with E-state index in [1.165, 1.54) is 0 Å². The number of benzene rings is 1. The SMILES string of the molecule is COc1ccc(C(N)CO)c2c1COCO2. The lowest BCUT2D eigenvalue weighted by Gasteiger charge is -2.24. The van der Waals surface area contributed by atoms with Gasteiger partial charge in [-0.25, -0.2) is 0 Å². The fourth-order valence-electron chi connectivity index (χ4n) is 1.76. The van der Waals surface area contributed by atoms with E-state index in [0.29, 0.717) is 18.1 Å². The predicted octanol–water partition coefficient (Wildman–Crippen LogP) is 0.554. The lowest BCUT2D eigenvalue weighted by molar-refractivity contribution is -0.0185. The van der Waals surface area contributed by atoms with Gasteiger partial charge >= 0.3 is 0 Å². The zero-order valence-electron chi connectivity index (χ0n) is 9.10. The van der Waals surface area contributed by atoms with Crippen molar-refractivity contribution in [1.82, 2.24) is 0 Å². The Hall–Kier alpha value is -1.30. The molecular weight excluding hydrogens is 210 g/mol. The summed E-state index contributed by atoms with van der Waals surface area (Å²) in [6, 6.07) is 3.17. The van der Waals surface area contributed by atoms with Crippen molar-refractivity contribution in [2.75, 3.05) is 20.5 Å². The van der Waals surface area contributed by atoms with E-state index in [2.05, 4.69) is 0 Å². The second-order valence-corrected chi connectivity index (χ2v) is 3.56. The maximum absolute atomic E-state index is 9.07. The third-order valence-electron chi connectivity index (χ3n) is 2.60. The van der Waals surface area contributed by atoms with Crippen molar-refractivity contribution in [2.24, 2.45) is 5.73 Å². The minimum Gasteiger partial charge on any atom is -0.496 e. The van der Waals surface area contributed by atoms with Crippen LogP contribution in [-0.4, -0.2) is 25.6 Å². The zero-order valence-corrected chi connectivity index (χ0v) is 9.10. The van der Waals surface area contributed by atoms with Crippen molar-refractivity contribution in [3.05, 3.63) is 23.3 Å². The van der Waals surface area contributed by atoms with E-state index >= 15 is 0 Å². The summed E-state index contributed by atoms with van der Waals surface area (Å²) in [5.74, 6) is 1.38. The van der Waals surface area contributed by atoms with Crippen LogP contribution in [0.4, 0.5) is 0 Å². The molecule has 0 bridgehead atoms. The molecule has 0 spiro atoms. The largest absolute Gasteiger partial charge is 0.496 e. The Morgan fingerprint density at radius 3 is 3.06 bits per heavy atom. The smallest absolute Gasteiger partial charge is 0.189 e. The summed E-state index contributed by atoms with van der Waals surface area (Å²) in [7, 11) is 1.59. The molecule has 1 aromatic rings. The van der Waals surface area contributed by atoms with Gasteiger partial charge in [-0.15, -0.1) is 0 Å². The quantitative estimate of drug-likeness (QED) is 0.786. The van der Waals surface area contributed by atoms with Crippen LogP contribution < -0.4 is 15.2 Å². The number of nitrogens with two attached hydrogens (primary N) is 1. The van der Waals surface area contributed by atoms with Gasteiger partial charge in [0.25, 0.3) is 0 Å². The molecule has 0 aromatic heterocycles. The van der Waals surface area contributed by atoms with Crippen LogP contribution in [0.15, 0.2) is 12.1 Å². The third-order valence-corrected chi connectivity index (χ3v) is 2.60. The monoisotopic (exact) mass is 225 g/mol. The molecule has 1 atom stereocenters. The van der Waals surface area contributed by atoms with Gasteiger partial charge < -0.3 is 25.1 Å². The standard InChI is InChI=1S/C11H15NO4/c1-14-10-3-2-7(9(12)4-13)11-8(10)5-15-6-16-11/h2-3,9,13H,4-6,12H2,1H3. The Balaban J connectivity index is 2.48. The minimum absolute atomic E-state index is 0.122. The number of hydrogen-bond donors (Lipinski definition) is 2. The van der Waals surface area contributed by atoms with Crippen molar-refractivity contribution in [2.45, 2.75) is 12.6 Å². The molecule has 1 heterocycles. The van der Waals surface area contributed by atoms with Crippen LogP contribution in [-0.2, 0) is 11.3 Å². The first-order valence-corrected chi connectivity index (χ1v) is 5.04. The molecule has 0 radical (unpaired) electrons. The third kappa shape index (κ3) is 1.84. The summed E-state index contributed by atoms with van der Waals surface area (Å²) in [5, 5.41) is 9.07. The zero-order chi connectivity index (χ0) is 11.5. The maximum atomic E-state index is 9.07. The number of methoxy groups -OCH3 is 1. The molecule has 0 amide bonds. The Kier molecular flexibility index (Phi) is 3.28. The normalized spacial score (nSPS) is 16.2. The Morgan fingerprint density at radius 1 is 1.56 bits per heavy atom. The average molecular weight is 225 g/mol. The average Bonchev–Trinajstić information content (AvgIpc) is 2.36. The van der Waals surface area contributed by atoms with Gasteiger partial charge in [0.05, 0.1) is 31.9 Å². The summed E-state index contributed by atoms with van der Waals surface area (Å²) >= 11 is 0. The predicted molar refractivity (Wildman–Crippen MR) is 57.3 cm³/mol. The number of rotatable bonds is 3. The van der Waals surface area contributed by atoms with E-state index in [4.69, 9.17) is 25.1 Å². The molecule has 88 valence electrons. The first-order chi connectivity index (χ1) is 7.77. The minimum atomic E-state index is -0.447. The highest BCUT2D eigenvalue weighted by atomic mass is 16.7. The van der Waals surface area contributed by atoms with Crippen LogP contribution in [0.1, 0.15) is 17.2 Å². The van der Waals surface area contributed by atoms with Gasteiger partial charge in [0.2, 0.25) is 0 Å². The van der Waals surface area contributed by atoms with Gasteiger partial charge in [0.1, 0.15) is 11.5 Å². The van der Waals surface area contributed by atoms with Crippen LogP contribution in [0.5, 0.6) is 11.5 Å². The number of fused-ring (bicyclic) bond motifs is 1. The Labute approximate surface area is 93.7 Å². The van der Waals surface area contributed by atoms with Crippen molar-refractivity contribution < 1.29 is 19.3 Å². The van der Waals surface area contributed by atoms with Gasteiger partial charge in [0.15, 0.2) is 6.79 Å². The first-order valence-electron chi connectivity index (χ1n) is 5.04. The van der Waals surface area contributed by atoms with Gasteiger partial charge in [-0.1, -0.05) is 0 Å². The molecule has 1 unspecified atom stereocenters. The molecule has 1 aromatic carbocycles. The highest BCUT2D eigenvalue weighted by molar-refractivity contribution is 5.51. The van der Waals surface area contributed by atoms with Crippen molar-refractivity contribution in [3.63, 3.8) is 0 Å². The molecule has 0 saturated carbocycles. The fraction of sp³-hybridized carbons (Fsp3) is 0.455. The topological polar surface area (TPSA) is 73.9 Å². The number of ether oxygens (including phenoxy) is 3. The van der Waals surface area contributed by atoms with Crippen LogP contribution >= 0.6 is 0 Å². The molecule has 5 heteroatoms. The Morgan fingerprint density at radius 2 is 2.38 bits per heavy atom. The molecule has 0 aliphatic carbocycles. The highest BCUT2D eigenvalue weighted by Gasteiger charge is 2.22. The van der Waals surface area contributed by atoms with E-state index in [0.717, 1.165) is 11.1 Å². The Bertz CT molecular complexity index is 380. The van der Waals surface area contributed by atoms with E-state index in [1.807, 2.05) is 12.1 Å². The lowest BCUT2D eigenvalue weighted by Crippen LogP contribution is -2.20. The van der Waals surface area contributed by atoms with Gasteiger partial charge in [-0.05, 0) is 12.1 Å². The lowest BCUT2D eigenvalue weighted by atomic mass is 10.0. The fourth-order valence-corrected chi connectivity index (χ4v) is 1.76. The van der Waals surface area contributed by atoms with E-state index < -0.39 is 6.04 Å². The summed E-state index contributed by atoms with van der Waals surface area (Å²) < 4.78 is 15.8. The molecule has 1 aliphatic heterocycles. The molecule has 5 nitrogen and oxygen atoms in total. The second kappa shape index (κ2) is 4.69. The summed E-state index contributed by atoms with van der Waals surface area (Å²) in [5.41, 5.74) is 7.42. The molecule has 1 aliphatic rings. The van der Waals surface area contributed by atoms with Crippen LogP contribution in [0.3, 0.4) is 0 Å². The van der Waals surface area contributed by atoms with Gasteiger partial charge in [-0.3, -0.25) is 0 Å². The molecular formula is C11H15NO4.